The number of aromatic nitrogens is 1. The number of pyridine rings is 1. The molecule has 1 heterocycles. The topological polar surface area (TPSA) is 68.3 Å². The van der Waals surface area contributed by atoms with Crippen LogP contribution in [0.1, 0.15) is 56.0 Å². The summed E-state index contributed by atoms with van der Waals surface area (Å²) < 4.78 is 5.13. The lowest BCUT2D eigenvalue weighted by atomic mass is 10.0. The lowest BCUT2D eigenvalue weighted by Gasteiger charge is -2.19. The smallest absolute Gasteiger partial charge is 0.407 e. The van der Waals surface area contributed by atoms with Gasteiger partial charge >= 0.3 is 6.09 Å². The summed E-state index contributed by atoms with van der Waals surface area (Å²) >= 11 is 0. The molecule has 0 bridgehead atoms. The maximum absolute atomic E-state index is 12.0. The summed E-state index contributed by atoms with van der Waals surface area (Å²) in [6.45, 7) is 7.86. The van der Waals surface area contributed by atoms with Crippen molar-refractivity contribution in [2.45, 2.75) is 52.6 Å². The molecule has 116 valence electrons. The first kappa shape index (κ1) is 17.1. The van der Waals surface area contributed by atoms with E-state index in [1.54, 1.807) is 18.5 Å². The van der Waals surface area contributed by atoms with Crippen LogP contribution in [-0.4, -0.2) is 29.0 Å². The lowest BCUT2D eigenvalue weighted by molar-refractivity contribution is 0.0527. The molecule has 1 rings (SSSR count). The van der Waals surface area contributed by atoms with Crippen molar-refractivity contribution in [3.63, 3.8) is 0 Å². The molecule has 1 aromatic rings. The molecule has 0 aliphatic rings. The summed E-state index contributed by atoms with van der Waals surface area (Å²) in [6.07, 6.45) is 4.85. The van der Waals surface area contributed by atoms with Gasteiger partial charge in [0, 0.05) is 30.9 Å². The highest BCUT2D eigenvalue weighted by molar-refractivity contribution is 5.97. The molecule has 0 aromatic carbocycles. The van der Waals surface area contributed by atoms with E-state index in [4.69, 9.17) is 4.74 Å². The number of nitrogens with zero attached hydrogens (tertiary/aromatic N) is 1. The number of hydrogen-bond acceptors (Lipinski definition) is 4. The summed E-state index contributed by atoms with van der Waals surface area (Å²) in [7, 11) is 0. The van der Waals surface area contributed by atoms with Gasteiger partial charge in [-0.25, -0.2) is 4.79 Å². The molecule has 0 unspecified atom stereocenters. The Morgan fingerprint density at radius 3 is 2.62 bits per heavy atom. The number of Topliss-reactive ketones (excluding diaryl/α,β-unsaturated/α-hetero) is 1. The first-order valence-electron chi connectivity index (χ1n) is 7.20. The average Bonchev–Trinajstić information content (AvgIpc) is 2.36. The van der Waals surface area contributed by atoms with Crippen LogP contribution in [0.25, 0.3) is 0 Å². The maximum atomic E-state index is 12.0. The van der Waals surface area contributed by atoms with Crippen LogP contribution in [0.15, 0.2) is 18.5 Å². The van der Waals surface area contributed by atoms with Crippen LogP contribution >= 0.6 is 0 Å². The third kappa shape index (κ3) is 6.88. The summed E-state index contributed by atoms with van der Waals surface area (Å²) in [5.74, 6) is 0.118. The number of hydrogen-bond donors (Lipinski definition) is 1. The van der Waals surface area contributed by atoms with Crippen LogP contribution in [0.2, 0.25) is 0 Å². The number of nitrogens with one attached hydrogen (secondary N) is 1. The van der Waals surface area contributed by atoms with Gasteiger partial charge in [-0.1, -0.05) is 0 Å². The summed E-state index contributed by atoms with van der Waals surface area (Å²) in [4.78, 5) is 27.4. The molecule has 0 aliphatic heterocycles. The predicted octanol–water partition coefficient (Wildman–Crippen LogP) is 3.27. The Morgan fingerprint density at radius 2 is 2.00 bits per heavy atom. The molecule has 0 saturated heterocycles. The number of aryl methyl sites for hydroxylation is 1. The number of rotatable bonds is 6. The van der Waals surface area contributed by atoms with Crippen molar-refractivity contribution in [2.24, 2.45) is 0 Å². The molecule has 0 spiro atoms. The zero-order chi connectivity index (χ0) is 15.9. The Morgan fingerprint density at radius 1 is 1.29 bits per heavy atom. The van der Waals surface area contributed by atoms with Gasteiger partial charge in [-0.05, 0) is 52.2 Å². The molecule has 1 N–H and O–H groups in total. The molecule has 1 amide bonds. The molecule has 0 radical (unpaired) electrons. The number of carbonyl (C=O) groups excluding carboxylic acids is 2. The van der Waals surface area contributed by atoms with E-state index in [0.29, 0.717) is 13.0 Å². The van der Waals surface area contributed by atoms with Gasteiger partial charge in [-0.15, -0.1) is 0 Å². The zero-order valence-electron chi connectivity index (χ0n) is 13.2. The number of ketones is 1. The highest BCUT2D eigenvalue weighted by Crippen LogP contribution is 2.10. The van der Waals surface area contributed by atoms with Crippen LogP contribution in [0, 0.1) is 6.92 Å². The first-order chi connectivity index (χ1) is 9.79. The average molecular weight is 292 g/mol. The SMILES string of the molecule is Cc1cnccc1C(=O)CCCCNC(=O)OC(C)(C)C. The van der Waals surface area contributed by atoms with Crippen molar-refractivity contribution < 1.29 is 14.3 Å². The molecule has 5 nitrogen and oxygen atoms in total. The number of alkyl carbamates (subject to hydrolysis) is 1. The van der Waals surface area contributed by atoms with Gasteiger partial charge in [-0.3, -0.25) is 9.78 Å². The van der Waals surface area contributed by atoms with Gasteiger partial charge in [-0.2, -0.15) is 0 Å². The molecule has 0 aliphatic carbocycles. The van der Waals surface area contributed by atoms with E-state index in [1.165, 1.54) is 0 Å². The lowest BCUT2D eigenvalue weighted by Crippen LogP contribution is -2.33. The summed E-state index contributed by atoms with van der Waals surface area (Å²) in [5, 5.41) is 2.68. The fourth-order valence-corrected chi connectivity index (χ4v) is 1.84. The van der Waals surface area contributed by atoms with Gasteiger partial charge in [0.2, 0.25) is 0 Å². The standard InChI is InChI=1S/C16H24N2O3/c1-12-11-17-10-8-13(12)14(19)7-5-6-9-18-15(20)21-16(2,3)4/h8,10-11H,5-7,9H2,1-4H3,(H,18,20). The largest absolute Gasteiger partial charge is 0.444 e. The molecule has 0 saturated carbocycles. The molecule has 5 heteroatoms. The van der Waals surface area contributed by atoms with Crippen LogP contribution < -0.4 is 5.32 Å². The predicted molar refractivity (Wildman–Crippen MR) is 81.4 cm³/mol. The summed E-state index contributed by atoms with van der Waals surface area (Å²) in [5.41, 5.74) is 1.14. The van der Waals surface area contributed by atoms with Crippen LogP contribution in [0.3, 0.4) is 0 Å². The van der Waals surface area contributed by atoms with Crippen molar-refractivity contribution in [1.29, 1.82) is 0 Å². The quantitative estimate of drug-likeness (QED) is 0.645. The fourth-order valence-electron chi connectivity index (χ4n) is 1.84. The Kier molecular flexibility index (Phi) is 6.34. The highest BCUT2D eigenvalue weighted by atomic mass is 16.6. The Hall–Kier alpha value is -1.91. The van der Waals surface area contributed by atoms with Crippen LogP contribution in [-0.2, 0) is 4.74 Å². The molecule has 21 heavy (non-hydrogen) atoms. The van der Waals surface area contributed by atoms with Gasteiger partial charge < -0.3 is 10.1 Å². The molecular formula is C16H24N2O3. The fraction of sp³-hybridized carbons (Fsp3) is 0.562. The molecular weight excluding hydrogens is 268 g/mol. The van der Waals surface area contributed by atoms with E-state index < -0.39 is 11.7 Å². The molecule has 0 fully saturated rings. The van der Waals surface area contributed by atoms with Gasteiger partial charge in [0.15, 0.2) is 5.78 Å². The minimum atomic E-state index is -0.487. The Bertz CT molecular complexity index is 493. The number of carbonyl (C=O) groups is 2. The van der Waals surface area contributed by atoms with Crippen molar-refractivity contribution >= 4 is 11.9 Å². The molecule has 1 aromatic heterocycles. The second-order valence-corrected chi connectivity index (χ2v) is 6.00. The monoisotopic (exact) mass is 292 g/mol. The minimum absolute atomic E-state index is 0.118. The normalized spacial score (nSPS) is 11.0. The Balaban J connectivity index is 2.22. The van der Waals surface area contributed by atoms with E-state index in [-0.39, 0.29) is 5.78 Å². The van der Waals surface area contributed by atoms with Crippen molar-refractivity contribution in [1.82, 2.24) is 10.3 Å². The number of amides is 1. The second kappa shape index (κ2) is 7.76. The van der Waals surface area contributed by atoms with Crippen LogP contribution in [0.5, 0.6) is 0 Å². The van der Waals surface area contributed by atoms with E-state index >= 15 is 0 Å². The number of ether oxygens (including phenoxy) is 1. The third-order valence-electron chi connectivity index (χ3n) is 2.82. The minimum Gasteiger partial charge on any atom is -0.444 e. The van der Waals surface area contributed by atoms with E-state index in [2.05, 4.69) is 10.3 Å². The molecule has 0 atom stereocenters. The van der Waals surface area contributed by atoms with Gasteiger partial charge in [0.25, 0.3) is 0 Å². The highest BCUT2D eigenvalue weighted by Gasteiger charge is 2.15. The Labute approximate surface area is 126 Å². The first-order valence-corrected chi connectivity index (χ1v) is 7.20. The van der Waals surface area contributed by atoms with E-state index in [0.717, 1.165) is 24.0 Å². The van der Waals surface area contributed by atoms with Crippen molar-refractivity contribution in [3.8, 4) is 0 Å². The van der Waals surface area contributed by atoms with Gasteiger partial charge in [0.05, 0.1) is 0 Å². The maximum Gasteiger partial charge on any atom is 0.407 e. The second-order valence-electron chi connectivity index (χ2n) is 6.00. The van der Waals surface area contributed by atoms with E-state index in [1.807, 2.05) is 27.7 Å². The number of unbranched alkanes of at least 4 members (excludes halogenated alkanes) is 1. The third-order valence-corrected chi connectivity index (χ3v) is 2.82. The van der Waals surface area contributed by atoms with E-state index in [9.17, 15) is 9.59 Å². The van der Waals surface area contributed by atoms with Crippen LogP contribution in [0.4, 0.5) is 4.79 Å². The van der Waals surface area contributed by atoms with Crippen molar-refractivity contribution in [3.05, 3.63) is 29.6 Å². The van der Waals surface area contributed by atoms with Crippen molar-refractivity contribution in [2.75, 3.05) is 6.54 Å². The van der Waals surface area contributed by atoms with Gasteiger partial charge in [0.1, 0.15) is 5.60 Å². The zero-order valence-corrected chi connectivity index (χ0v) is 13.2. The summed E-state index contributed by atoms with van der Waals surface area (Å²) in [6, 6.07) is 1.75.